The van der Waals surface area contributed by atoms with Crippen LogP contribution < -0.4 is 0 Å². The molecule has 2 amide bonds. The van der Waals surface area contributed by atoms with Crippen molar-refractivity contribution in [3.63, 3.8) is 0 Å². The van der Waals surface area contributed by atoms with Crippen LogP contribution in [0.3, 0.4) is 0 Å². The average Bonchev–Trinajstić information content (AvgIpc) is 3.40. The highest BCUT2D eigenvalue weighted by Crippen LogP contribution is 2.46. The Kier molecular flexibility index (Phi) is 5.83. The first kappa shape index (κ1) is 21.5. The second-order valence-electron chi connectivity index (χ2n) is 8.73. The maximum absolute atomic E-state index is 12.9. The molecule has 29 heavy (non-hydrogen) atoms. The quantitative estimate of drug-likeness (QED) is 0.742. The van der Waals surface area contributed by atoms with Gasteiger partial charge in [0, 0.05) is 31.1 Å². The zero-order valence-electron chi connectivity index (χ0n) is 16.9. The van der Waals surface area contributed by atoms with Gasteiger partial charge in [0.15, 0.2) is 0 Å². The molecule has 1 aromatic carbocycles. The van der Waals surface area contributed by atoms with Gasteiger partial charge >= 0.3 is 18.2 Å². The molecule has 1 saturated carbocycles. The molecule has 0 spiro atoms. The fourth-order valence-electron chi connectivity index (χ4n) is 3.94. The van der Waals surface area contributed by atoms with Crippen LogP contribution >= 0.6 is 0 Å². The molecule has 5 nitrogen and oxygen atoms in total. The summed E-state index contributed by atoms with van der Waals surface area (Å²) >= 11 is 0. The van der Waals surface area contributed by atoms with Gasteiger partial charge < -0.3 is 14.5 Å². The Balaban J connectivity index is 1.72. The van der Waals surface area contributed by atoms with Crippen LogP contribution in [-0.4, -0.2) is 58.8 Å². The lowest BCUT2D eigenvalue weighted by Crippen LogP contribution is -2.53. The van der Waals surface area contributed by atoms with Gasteiger partial charge in [-0.15, -0.1) is 0 Å². The Bertz CT molecular complexity index is 738. The minimum Gasteiger partial charge on any atom is -0.444 e. The van der Waals surface area contributed by atoms with Gasteiger partial charge in [0.1, 0.15) is 5.60 Å². The number of hydrogen-bond acceptors (Lipinski definition) is 3. The lowest BCUT2D eigenvalue weighted by atomic mass is 10.0. The molecule has 2 aliphatic rings. The van der Waals surface area contributed by atoms with E-state index >= 15 is 0 Å². The number of amides is 2. The molecule has 1 heterocycles. The minimum atomic E-state index is -4.87. The third-order valence-electron chi connectivity index (χ3n) is 5.33. The molecule has 1 aliphatic carbocycles. The van der Waals surface area contributed by atoms with Gasteiger partial charge in [0.05, 0.1) is 0 Å². The molecule has 2 fully saturated rings. The Hall–Kier alpha value is -2.25. The SMILES string of the molecule is CC(C)(C)OC(=O)N(C1CCN(C(=O)C(F)(F)F)CC1)C1C[C@H]1c1ccccc1. The van der Waals surface area contributed by atoms with E-state index in [0.29, 0.717) is 12.8 Å². The molecule has 1 aromatic rings. The Morgan fingerprint density at radius 2 is 1.66 bits per heavy atom. The first-order chi connectivity index (χ1) is 13.5. The topological polar surface area (TPSA) is 49.9 Å². The number of likely N-dealkylation sites (tertiary alicyclic amines) is 1. The van der Waals surface area contributed by atoms with Crippen molar-refractivity contribution in [2.45, 2.75) is 69.8 Å². The van der Waals surface area contributed by atoms with Crippen LogP contribution in [0, 0.1) is 0 Å². The summed E-state index contributed by atoms with van der Waals surface area (Å²) < 4.78 is 43.7. The van der Waals surface area contributed by atoms with Crippen molar-refractivity contribution in [3.05, 3.63) is 35.9 Å². The van der Waals surface area contributed by atoms with Crippen molar-refractivity contribution in [2.24, 2.45) is 0 Å². The Labute approximate surface area is 168 Å². The highest BCUT2D eigenvalue weighted by molar-refractivity contribution is 5.82. The predicted octanol–water partition coefficient (Wildman–Crippen LogP) is 4.33. The lowest BCUT2D eigenvalue weighted by Gasteiger charge is -2.39. The summed E-state index contributed by atoms with van der Waals surface area (Å²) in [4.78, 5) is 27.0. The normalized spacial score (nSPS) is 22.9. The molecule has 1 saturated heterocycles. The number of carbonyl (C=O) groups excluding carboxylic acids is 2. The van der Waals surface area contributed by atoms with Crippen molar-refractivity contribution in [1.29, 1.82) is 0 Å². The number of rotatable bonds is 3. The van der Waals surface area contributed by atoms with E-state index in [9.17, 15) is 22.8 Å². The summed E-state index contributed by atoms with van der Waals surface area (Å²) in [6.07, 6.45) is -3.91. The molecule has 0 bridgehead atoms. The van der Waals surface area contributed by atoms with Gasteiger partial charge in [0.25, 0.3) is 0 Å². The van der Waals surface area contributed by atoms with Gasteiger partial charge in [-0.3, -0.25) is 4.79 Å². The number of piperidine rings is 1. The Morgan fingerprint density at radius 1 is 1.07 bits per heavy atom. The summed E-state index contributed by atoms with van der Waals surface area (Å²) in [6.45, 7) is 5.32. The van der Waals surface area contributed by atoms with Crippen LogP contribution in [0.25, 0.3) is 0 Å². The Morgan fingerprint density at radius 3 is 2.17 bits per heavy atom. The van der Waals surface area contributed by atoms with E-state index in [4.69, 9.17) is 4.74 Å². The fraction of sp³-hybridized carbons (Fsp3) is 0.619. The molecule has 160 valence electrons. The van der Waals surface area contributed by atoms with E-state index in [1.165, 1.54) is 0 Å². The largest absolute Gasteiger partial charge is 0.471 e. The van der Waals surface area contributed by atoms with E-state index < -0.39 is 23.8 Å². The number of ether oxygens (including phenoxy) is 1. The molecule has 8 heteroatoms. The number of carbonyl (C=O) groups is 2. The van der Waals surface area contributed by atoms with Gasteiger partial charge in [-0.1, -0.05) is 30.3 Å². The van der Waals surface area contributed by atoms with Crippen LogP contribution in [-0.2, 0) is 9.53 Å². The standard InChI is InChI=1S/C21H27F3N2O3/c1-20(2,3)29-19(28)26(17-13-16(17)14-7-5-4-6-8-14)15-9-11-25(12-10-15)18(27)21(22,23)24/h4-8,15-17H,9-13H2,1-3H3/t16-,17?/m0/s1. The molecular weight excluding hydrogens is 385 g/mol. The summed E-state index contributed by atoms with van der Waals surface area (Å²) in [5.74, 6) is -1.62. The molecule has 2 atom stereocenters. The van der Waals surface area contributed by atoms with Crippen LogP contribution in [0.2, 0.25) is 0 Å². The second kappa shape index (κ2) is 7.88. The predicted molar refractivity (Wildman–Crippen MR) is 101 cm³/mol. The van der Waals surface area contributed by atoms with Crippen molar-refractivity contribution >= 4 is 12.0 Å². The molecule has 0 radical (unpaired) electrons. The minimum absolute atomic E-state index is 0.0228. The molecule has 1 unspecified atom stereocenters. The molecule has 0 aromatic heterocycles. The van der Waals surface area contributed by atoms with Crippen LogP contribution in [0.4, 0.5) is 18.0 Å². The number of alkyl halides is 3. The third-order valence-corrected chi connectivity index (χ3v) is 5.33. The van der Waals surface area contributed by atoms with Crippen molar-refractivity contribution in [3.8, 4) is 0 Å². The zero-order chi connectivity index (χ0) is 21.4. The lowest BCUT2D eigenvalue weighted by molar-refractivity contribution is -0.186. The van der Waals surface area contributed by atoms with E-state index in [2.05, 4.69) is 0 Å². The zero-order valence-corrected chi connectivity index (χ0v) is 16.9. The number of benzene rings is 1. The van der Waals surface area contributed by atoms with Crippen molar-refractivity contribution in [1.82, 2.24) is 9.80 Å². The van der Waals surface area contributed by atoms with Crippen molar-refractivity contribution in [2.75, 3.05) is 13.1 Å². The maximum Gasteiger partial charge on any atom is 0.471 e. The smallest absolute Gasteiger partial charge is 0.444 e. The highest BCUT2D eigenvalue weighted by atomic mass is 19.4. The second-order valence-corrected chi connectivity index (χ2v) is 8.73. The van der Waals surface area contributed by atoms with Gasteiger partial charge in [-0.25, -0.2) is 4.79 Å². The third kappa shape index (κ3) is 5.22. The molecular formula is C21H27F3N2O3. The summed E-state index contributed by atoms with van der Waals surface area (Å²) in [5.41, 5.74) is 0.468. The summed E-state index contributed by atoms with van der Waals surface area (Å²) in [6, 6.07) is 9.57. The fourth-order valence-corrected chi connectivity index (χ4v) is 3.94. The first-order valence-electron chi connectivity index (χ1n) is 9.90. The number of hydrogen-bond donors (Lipinski definition) is 0. The summed E-state index contributed by atoms with van der Waals surface area (Å²) in [7, 11) is 0. The van der Waals surface area contributed by atoms with Crippen LogP contribution in [0.15, 0.2) is 30.3 Å². The number of nitrogens with zero attached hydrogens (tertiary/aromatic N) is 2. The van der Waals surface area contributed by atoms with Gasteiger partial charge in [-0.05, 0) is 45.6 Å². The molecule has 1 aliphatic heterocycles. The average molecular weight is 412 g/mol. The summed E-state index contributed by atoms with van der Waals surface area (Å²) in [5, 5.41) is 0. The van der Waals surface area contributed by atoms with E-state index in [-0.39, 0.29) is 31.1 Å². The van der Waals surface area contributed by atoms with Crippen molar-refractivity contribution < 1.29 is 27.5 Å². The molecule has 3 rings (SSSR count). The first-order valence-corrected chi connectivity index (χ1v) is 9.90. The maximum atomic E-state index is 12.9. The van der Waals surface area contributed by atoms with E-state index in [1.54, 1.807) is 25.7 Å². The van der Waals surface area contributed by atoms with Crippen LogP contribution in [0.1, 0.15) is 51.5 Å². The van der Waals surface area contributed by atoms with Gasteiger partial charge in [-0.2, -0.15) is 13.2 Å². The van der Waals surface area contributed by atoms with E-state index in [0.717, 1.165) is 16.9 Å². The van der Waals surface area contributed by atoms with Gasteiger partial charge in [0.2, 0.25) is 0 Å². The van der Waals surface area contributed by atoms with Crippen LogP contribution in [0.5, 0.6) is 0 Å². The monoisotopic (exact) mass is 412 g/mol. The number of halogens is 3. The van der Waals surface area contributed by atoms with E-state index in [1.807, 2.05) is 30.3 Å². The highest BCUT2D eigenvalue weighted by Gasteiger charge is 2.50. The molecule has 0 N–H and O–H groups in total.